The molecule has 0 aromatic rings. The Kier molecular flexibility index (Phi) is 9.32. The van der Waals surface area contributed by atoms with Crippen LogP contribution in [0.15, 0.2) is 24.8 Å². The summed E-state index contributed by atoms with van der Waals surface area (Å²) in [6, 6.07) is 1.69. The van der Waals surface area contributed by atoms with E-state index >= 15 is 0 Å². The maximum Gasteiger partial charge on any atom is 0.330 e. The average molecular weight is 153 g/mol. The smallest absolute Gasteiger partial charge is 0.330 e. The number of carboxylic acids is 1. The highest BCUT2D eigenvalue weighted by atomic mass is 16.4. The molecule has 0 heterocycles. The lowest BCUT2D eigenvalue weighted by Crippen LogP contribution is -1.95. The van der Waals surface area contributed by atoms with Crippen LogP contribution in [0.25, 0.3) is 0 Å². The van der Waals surface area contributed by atoms with Crippen LogP contribution in [0.3, 0.4) is 0 Å². The van der Waals surface area contributed by atoms with Gasteiger partial charge in [-0.2, -0.15) is 5.26 Å². The minimum Gasteiger partial charge on any atom is -0.478 e. The van der Waals surface area contributed by atoms with Crippen molar-refractivity contribution in [3.63, 3.8) is 0 Å². The van der Waals surface area contributed by atoms with E-state index in [9.17, 15) is 4.79 Å². The quantitative estimate of drug-likeness (QED) is 0.485. The molecule has 0 aliphatic heterocycles. The van der Waals surface area contributed by atoms with Gasteiger partial charge in [0.1, 0.15) is 0 Å². The molecule has 0 unspecified atom stereocenters. The lowest BCUT2D eigenvalue weighted by Gasteiger charge is -1.87. The van der Waals surface area contributed by atoms with E-state index in [4.69, 9.17) is 10.4 Å². The second-order valence-electron chi connectivity index (χ2n) is 1.60. The molecule has 0 bridgehead atoms. The van der Waals surface area contributed by atoms with E-state index < -0.39 is 5.97 Å². The van der Waals surface area contributed by atoms with Gasteiger partial charge in [0.2, 0.25) is 0 Å². The van der Waals surface area contributed by atoms with Crippen LogP contribution in [0, 0.1) is 11.3 Å². The van der Waals surface area contributed by atoms with Crippen LogP contribution in [0.5, 0.6) is 0 Å². The average Bonchev–Trinajstić information content (AvgIpc) is 2.03. The Labute approximate surface area is 66.3 Å². The molecular weight excluding hydrogens is 142 g/mol. The van der Waals surface area contributed by atoms with Crippen LogP contribution < -0.4 is 0 Å². The second-order valence-corrected chi connectivity index (χ2v) is 1.60. The van der Waals surface area contributed by atoms with Gasteiger partial charge in [0.05, 0.1) is 6.07 Å². The third-order valence-corrected chi connectivity index (χ3v) is 0.821. The fourth-order valence-corrected chi connectivity index (χ4v) is 0.151. The van der Waals surface area contributed by atoms with Gasteiger partial charge in [-0.3, -0.25) is 0 Å². The highest BCUT2D eigenvalue weighted by molar-refractivity contribution is 5.85. The van der Waals surface area contributed by atoms with Gasteiger partial charge >= 0.3 is 5.97 Å². The van der Waals surface area contributed by atoms with E-state index in [1.54, 1.807) is 13.0 Å². The zero-order valence-electron chi connectivity index (χ0n) is 6.50. The van der Waals surface area contributed by atoms with Crippen LogP contribution in [-0.4, -0.2) is 11.1 Å². The SMILES string of the molecule is C=C(CC)C(=O)O.C=CC#N. The number of rotatable bonds is 2. The molecule has 0 aromatic heterocycles. The molecule has 11 heavy (non-hydrogen) atoms. The number of allylic oxidation sites excluding steroid dienone is 1. The number of hydrogen-bond donors (Lipinski definition) is 1. The summed E-state index contributed by atoms with van der Waals surface area (Å²) < 4.78 is 0. The zero-order valence-corrected chi connectivity index (χ0v) is 6.50. The molecule has 0 amide bonds. The molecular formula is C8H11NO2. The van der Waals surface area contributed by atoms with Crippen molar-refractivity contribution in [2.24, 2.45) is 0 Å². The number of nitriles is 1. The largest absolute Gasteiger partial charge is 0.478 e. The van der Waals surface area contributed by atoms with Gasteiger partial charge in [0.25, 0.3) is 0 Å². The molecule has 0 spiro atoms. The van der Waals surface area contributed by atoms with Gasteiger partial charge in [-0.25, -0.2) is 4.79 Å². The van der Waals surface area contributed by atoms with Gasteiger partial charge in [-0.1, -0.05) is 20.1 Å². The topological polar surface area (TPSA) is 61.1 Å². The number of carbonyl (C=O) groups is 1. The maximum absolute atomic E-state index is 9.83. The first-order valence-electron chi connectivity index (χ1n) is 3.01. The van der Waals surface area contributed by atoms with Crippen LogP contribution in [-0.2, 0) is 4.79 Å². The molecule has 0 aromatic carbocycles. The zero-order chi connectivity index (χ0) is 9.28. The summed E-state index contributed by atoms with van der Waals surface area (Å²) in [5.74, 6) is -0.900. The molecule has 0 rings (SSSR count). The van der Waals surface area contributed by atoms with Crippen molar-refractivity contribution in [2.45, 2.75) is 13.3 Å². The predicted molar refractivity (Wildman–Crippen MR) is 42.9 cm³/mol. The van der Waals surface area contributed by atoms with Crippen LogP contribution in [0.4, 0.5) is 0 Å². The van der Waals surface area contributed by atoms with E-state index in [1.165, 1.54) is 6.08 Å². The fourth-order valence-electron chi connectivity index (χ4n) is 0.151. The molecule has 0 fully saturated rings. The van der Waals surface area contributed by atoms with E-state index in [0.717, 1.165) is 0 Å². The van der Waals surface area contributed by atoms with Gasteiger partial charge in [0.15, 0.2) is 0 Å². The molecule has 0 aliphatic rings. The second kappa shape index (κ2) is 8.44. The minimum absolute atomic E-state index is 0.264. The van der Waals surface area contributed by atoms with E-state index in [1.807, 2.05) is 0 Å². The summed E-state index contributed by atoms with van der Waals surface area (Å²) in [6.07, 6.45) is 1.70. The Morgan fingerprint density at radius 1 is 1.82 bits per heavy atom. The predicted octanol–water partition coefficient (Wildman–Crippen LogP) is 1.73. The summed E-state index contributed by atoms with van der Waals surface area (Å²) in [5, 5.41) is 15.6. The van der Waals surface area contributed by atoms with Crippen molar-refractivity contribution in [2.75, 3.05) is 0 Å². The number of hydrogen-bond acceptors (Lipinski definition) is 2. The first-order valence-corrected chi connectivity index (χ1v) is 3.01. The summed E-state index contributed by atoms with van der Waals surface area (Å²) in [7, 11) is 0. The van der Waals surface area contributed by atoms with E-state index in [2.05, 4.69) is 13.2 Å². The van der Waals surface area contributed by atoms with E-state index in [0.29, 0.717) is 6.42 Å². The highest BCUT2D eigenvalue weighted by Crippen LogP contribution is 1.93. The molecule has 3 heteroatoms. The first kappa shape index (κ1) is 12.1. The Bertz CT molecular complexity index is 189. The van der Waals surface area contributed by atoms with E-state index in [-0.39, 0.29) is 5.57 Å². The van der Waals surface area contributed by atoms with Gasteiger partial charge in [-0.05, 0) is 6.42 Å². The highest BCUT2D eigenvalue weighted by Gasteiger charge is 1.96. The molecule has 0 aliphatic carbocycles. The van der Waals surface area contributed by atoms with Crippen LogP contribution >= 0.6 is 0 Å². The van der Waals surface area contributed by atoms with Crippen molar-refractivity contribution in [1.82, 2.24) is 0 Å². The molecule has 0 saturated heterocycles. The molecule has 0 saturated carbocycles. The molecule has 0 radical (unpaired) electrons. The molecule has 0 atom stereocenters. The molecule has 60 valence electrons. The van der Waals surface area contributed by atoms with Crippen molar-refractivity contribution in [3.8, 4) is 6.07 Å². The third kappa shape index (κ3) is 11.8. The van der Waals surface area contributed by atoms with Crippen molar-refractivity contribution < 1.29 is 9.90 Å². The summed E-state index contributed by atoms with van der Waals surface area (Å²) in [5.41, 5.74) is 0.264. The van der Waals surface area contributed by atoms with Crippen molar-refractivity contribution in [1.29, 1.82) is 5.26 Å². The monoisotopic (exact) mass is 153 g/mol. The lowest BCUT2D eigenvalue weighted by atomic mass is 10.2. The Hall–Kier alpha value is -1.56. The van der Waals surface area contributed by atoms with Gasteiger partial charge < -0.3 is 5.11 Å². The van der Waals surface area contributed by atoms with Crippen LogP contribution in [0.2, 0.25) is 0 Å². The Morgan fingerprint density at radius 3 is 2.18 bits per heavy atom. The lowest BCUT2D eigenvalue weighted by molar-refractivity contribution is -0.132. The minimum atomic E-state index is -0.900. The van der Waals surface area contributed by atoms with Crippen molar-refractivity contribution in [3.05, 3.63) is 24.8 Å². The standard InChI is InChI=1S/C5H8O2.C3H3N/c1-3-4(2)5(6)7;1-2-3-4/h2-3H2,1H3,(H,6,7);2H,1H2. The first-order chi connectivity index (χ1) is 5.09. The summed E-state index contributed by atoms with van der Waals surface area (Å²) >= 11 is 0. The summed E-state index contributed by atoms with van der Waals surface area (Å²) in [6.45, 7) is 8.15. The molecule has 3 nitrogen and oxygen atoms in total. The van der Waals surface area contributed by atoms with Gasteiger partial charge in [0, 0.05) is 11.6 Å². The summed E-state index contributed by atoms with van der Waals surface area (Å²) in [4.78, 5) is 9.83. The number of aliphatic carboxylic acids is 1. The fraction of sp³-hybridized carbons (Fsp3) is 0.250. The Morgan fingerprint density at radius 2 is 2.18 bits per heavy atom. The number of nitrogens with zero attached hydrogens (tertiary/aromatic N) is 1. The Balaban J connectivity index is 0. The normalized spacial score (nSPS) is 6.55. The van der Waals surface area contributed by atoms with Crippen LogP contribution in [0.1, 0.15) is 13.3 Å². The maximum atomic E-state index is 9.83. The number of carboxylic acid groups (broad SMARTS) is 1. The molecule has 1 N–H and O–H groups in total. The van der Waals surface area contributed by atoms with Gasteiger partial charge in [-0.15, -0.1) is 0 Å². The third-order valence-electron chi connectivity index (χ3n) is 0.821. The van der Waals surface area contributed by atoms with Crippen molar-refractivity contribution >= 4 is 5.97 Å².